The molecule has 0 radical (unpaired) electrons. The summed E-state index contributed by atoms with van der Waals surface area (Å²) in [6, 6.07) is 42.7. The molecule has 0 aliphatic carbocycles. The van der Waals surface area contributed by atoms with E-state index in [1.54, 1.807) is 0 Å². The Labute approximate surface area is 217 Å². The number of halogens is 1. The lowest BCUT2D eigenvalue weighted by Gasteiger charge is -2.12. The smallest absolute Gasteiger partial charge is 0.141 e. The van der Waals surface area contributed by atoms with Crippen molar-refractivity contribution >= 4 is 48.8 Å². The maximum Gasteiger partial charge on any atom is 0.141 e. The molecule has 2 heterocycles. The summed E-state index contributed by atoms with van der Waals surface area (Å²) in [5, 5.41) is 2.47. The third-order valence-electron chi connectivity index (χ3n) is 6.89. The second-order valence-corrected chi connectivity index (χ2v) is 9.88. The molecule has 172 valence electrons. The molecule has 3 nitrogen and oxygen atoms in total. The molecule has 0 spiro atoms. The first-order valence-corrected chi connectivity index (χ1v) is 12.8. The van der Waals surface area contributed by atoms with Gasteiger partial charge in [-0.2, -0.15) is 0 Å². The van der Waals surface area contributed by atoms with Gasteiger partial charge in [-0.3, -0.25) is 0 Å². The number of fused-ring (bicyclic) bond motifs is 4. The lowest BCUT2D eigenvalue weighted by Crippen LogP contribution is -2.03. The fourth-order valence-electron chi connectivity index (χ4n) is 5.22. The van der Waals surface area contributed by atoms with Crippen molar-refractivity contribution in [2.24, 2.45) is 0 Å². The first-order chi connectivity index (χ1) is 17.8. The van der Waals surface area contributed by atoms with E-state index in [4.69, 9.17) is 4.98 Å². The van der Waals surface area contributed by atoms with E-state index in [-0.39, 0.29) is 0 Å². The molecule has 0 saturated carbocycles. The summed E-state index contributed by atoms with van der Waals surface area (Å²) in [7, 11) is 0. The topological polar surface area (TPSA) is 22.8 Å². The van der Waals surface area contributed by atoms with E-state index in [9.17, 15) is 0 Å². The van der Waals surface area contributed by atoms with Crippen LogP contribution in [0.15, 0.2) is 126 Å². The van der Waals surface area contributed by atoms with E-state index in [1.165, 1.54) is 27.4 Å². The number of hydrogen-bond acceptors (Lipinski definition) is 1. The van der Waals surface area contributed by atoms with Gasteiger partial charge in [0.05, 0.1) is 28.6 Å². The number of hydrogen-bond donors (Lipinski definition) is 0. The third kappa shape index (κ3) is 3.37. The number of imidazole rings is 1. The monoisotopic (exact) mass is 527 g/mol. The van der Waals surface area contributed by atoms with E-state index in [1.807, 2.05) is 0 Å². The molecule has 0 atom stereocenters. The Morgan fingerprint density at radius 2 is 1.31 bits per heavy atom. The second kappa shape index (κ2) is 8.51. The first-order valence-electron chi connectivity index (χ1n) is 12.1. The van der Waals surface area contributed by atoms with Gasteiger partial charge in [-0.05, 0) is 60.2 Å². The van der Waals surface area contributed by atoms with Crippen LogP contribution in [0.25, 0.3) is 49.9 Å². The van der Waals surface area contributed by atoms with Crippen LogP contribution in [0.1, 0.15) is 5.56 Å². The van der Waals surface area contributed by atoms with Gasteiger partial charge in [0.1, 0.15) is 5.82 Å². The van der Waals surface area contributed by atoms with E-state index in [0.29, 0.717) is 0 Å². The third-order valence-corrected chi connectivity index (χ3v) is 7.66. The number of aromatic nitrogens is 3. The van der Waals surface area contributed by atoms with E-state index >= 15 is 0 Å². The van der Waals surface area contributed by atoms with Gasteiger partial charge in [0.25, 0.3) is 0 Å². The predicted octanol–water partition coefficient (Wildman–Crippen LogP) is 8.61. The van der Waals surface area contributed by atoms with Gasteiger partial charge in [-0.25, -0.2) is 4.98 Å². The Bertz CT molecular complexity index is 1880. The predicted molar refractivity (Wildman–Crippen MR) is 153 cm³/mol. The van der Waals surface area contributed by atoms with Crippen molar-refractivity contribution in [1.29, 1.82) is 0 Å². The minimum Gasteiger partial charge on any atom is -0.319 e. The lowest BCUT2D eigenvalue weighted by molar-refractivity contribution is 0.831. The lowest BCUT2D eigenvalue weighted by atomic mass is 10.1. The summed E-state index contributed by atoms with van der Waals surface area (Å²) in [5.74, 6) is 0.977. The maximum absolute atomic E-state index is 5.10. The Morgan fingerprint density at radius 3 is 2.17 bits per heavy atom. The Morgan fingerprint density at radius 1 is 0.611 bits per heavy atom. The van der Waals surface area contributed by atoms with Crippen LogP contribution in [-0.4, -0.2) is 14.1 Å². The van der Waals surface area contributed by atoms with Gasteiger partial charge >= 0.3 is 0 Å². The molecule has 2 aromatic heterocycles. The average Bonchev–Trinajstić information content (AvgIpc) is 3.46. The molecule has 0 saturated heterocycles. The fraction of sp³-hybridized carbons (Fsp3) is 0.0312. The summed E-state index contributed by atoms with van der Waals surface area (Å²) >= 11 is 3.74. The van der Waals surface area contributed by atoms with Crippen molar-refractivity contribution in [3.63, 3.8) is 0 Å². The Hall–Kier alpha value is -4.15. The Balaban J connectivity index is 1.47. The van der Waals surface area contributed by atoms with Gasteiger partial charge in [0.2, 0.25) is 0 Å². The highest BCUT2D eigenvalue weighted by Crippen LogP contribution is 2.35. The van der Waals surface area contributed by atoms with E-state index < -0.39 is 0 Å². The van der Waals surface area contributed by atoms with Crippen LogP contribution < -0.4 is 0 Å². The molecule has 7 aromatic rings. The van der Waals surface area contributed by atoms with Crippen LogP contribution in [-0.2, 0) is 6.54 Å². The van der Waals surface area contributed by atoms with Crippen molar-refractivity contribution in [3.8, 4) is 17.1 Å². The minimum absolute atomic E-state index is 0.737. The normalized spacial score (nSPS) is 11.6. The van der Waals surface area contributed by atoms with Crippen molar-refractivity contribution in [1.82, 2.24) is 14.1 Å². The molecule has 36 heavy (non-hydrogen) atoms. The van der Waals surface area contributed by atoms with Crippen molar-refractivity contribution in [2.75, 3.05) is 0 Å². The highest BCUT2D eigenvalue weighted by Gasteiger charge is 2.17. The van der Waals surface area contributed by atoms with Crippen LogP contribution in [0, 0.1) is 0 Å². The summed E-state index contributed by atoms with van der Waals surface area (Å²) in [5.41, 5.74) is 8.04. The molecule has 7 rings (SSSR count). The van der Waals surface area contributed by atoms with Gasteiger partial charge in [0, 0.05) is 26.5 Å². The molecule has 0 amide bonds. The number of benzene rings is 5. The van der Waals surface area contributed by atoms with Crippen LogP contribution in [0.3, 0.4) is 0 Å². The van der Waals surface area contributed by atoms with Crippen molar-refractivity contribution < 1.29 is 0 Å². The minimum atomic E-state index is 0.737. The SMILES string of the molecule is Brc1ccccc1Cn1c(-c2ccc3c(c2)c2ccccc2n3-c2ccccc2)nc2ccccc21. The molecule has 5 aromatic carbocycles. The number of nitrogens with zero attached hydrogens (tertiary/aromatic N) is 3. The standard InChI is InChI=1S/C32H22BrN3/c33-27-14-6-4-10-23(27)21-35-31-17-9-7-15-28(31)34-32(35)22-18-19-30-26(20-22)25-13-5-8-16-29(25)36(30)24-11-2-1-3-12-24/h1-20H,21H2. The molecule has 0 aliphatic rings. The molecular weight excluding hydrogens is 506 g/mol. The summed E-state index contributed by atoms with van der Waals surface area (Å²) in [4.78, 5) is 5.10. The molecule has 0 N–H and O–H groups in total. The zero-order valence-corrected chi connectivity index (χ0v) is 21.1. The van der Waals surface area contributed by atoms with Crippen LogP contribution in [0.4, 0.5) is 0 Å². The second-order valence-electron chi connectivity index (χ2n) is 9.02. The first kappa shape index (κ1) is 21.2. The number of para-hydroxylation sites is 4. The largest absolute Gasteiger partial charge is 0.319 e. The van der Waals surface area contributed by atoms with Gasteiger partial charge in [-0.1, -0.05) is 82.7 Å². The van der Waals surface area contributed by atoms with Crippen LogP contribution >= 0.6 is 15.9 Å². The number of rotatable bonds is 4. The zero-order valence-electron chi connectivity index (χ0n) is 19.5. The van der Waals surface area contributed by atoms with Crippen molar-refractivity contribution in [2.45, 2.75) is 6.54 Å². The quantitative estimate of drug-likeness (QED) is 0.224. The summed E-state index contributed by atoms with van der Waals surface area (Å²) < 4.78 is 5.78. The summed E-state index contributed by atoms with van der Waals surface area (Å²) in [6.45, 7) is 0.737. The molecular formula is C32H22BrN3. The van der Waals surface area contributed by atoms with E-state index in [0.717, 1.165) is 39.1 Å². The maximum atomic E-state index is 5.10. The highest BCUT2D eigenvalue weighted by atomic mass is 79.9. The van der Waals surface area contributed by atoms with Gasteiger partial charge in [-0.15, -0.1) is 0 Å². The summed E-state index contributed by atoms with van der Waals surface area (Å²) in [6.07, 6.45) is 0. The molecule has 0 fully saturated rings. The van der Waals surface area contributed by atoms with Gasteiger partial charge in [0.15, 0.2) is 0 Å². The highest BCUT2D eigenvalue weighted by molar-refractivity contribution is 9.10. The van der Waals surface area contributed by atoms with Crippen molar-refractivity contribution in [3.05, 3.63) is 131 Å². The zero-order chi connectivity index (χ0) is 24.1. The molecule has 0 unspecified atom stereocenters. The molecule has 4 heteroatoms. The molecule has 0 bridgehead atoms. The van der Waals surface area contributed by atoms with Gasteiger partial charge < -0.3 is 9.13 Å². The fourth-order valence-corrected chi connectivity index (χ4v) is 5.63. The Kier molecular flexibility index (Phi) is 5.00. The molecule has 0 aliphatic heterocycles. The van der Waals surface area contributed by atoms with E-state index in [2.05, 4.69) is 146 Å². The van der Waals surface area contributed by atoms with Crippen LogP contribution in [0.2, 0.25) is 0 Å². The average molecular weight is 528 g/mol. The van der Waals surface area contributed by atoms with Crippen LogP contribution in [0.5, 0.6) is 0 Å².